The van der Waals surface area contributed by atoms with E-state index in [1.165, 1.54) is 25.3 Å². The molecule has 0 unspecified atom stereocenters. The molecule has 3 rings (SSSR count). The number of nitrogens with zero attached hydrogens (tertiary/aromatic N) is 1. The normalized spacial score (nSPS) is 10.8. The van der Waals surface area contributed by atoms with E-state index >= 15 is 0 Å². The SMILES string of the molecule is CC(=O)c1c[nH]c(C(=O)OCc2nc3ccc(Cl)cc3c(=O)[nH]2)c1. The maximum atomic E-state index is 12.0. The van der Waals surface area contributed by atoms with E-state index < -0.39 is 5.97 Å². The van der Waals surface area contributed by atoms with Crippen molar-refractivity contribution in [3.8, 4) is 0 Å². The lowest BCUT2D eigenvalue weighted by molar-refractivity contribution is 0.0456. The molecule has 2 heterocycles. The Hall–Kier alpha value is -2.93. The second kappa shape index (κ2) is 6.29. The molecule has 7 nitrogen and oxygen atoms in total. The standard InChI is InChI=1S/C16H12ClN3O4/c1-8(21)9-4-13(18-6-9)16(23)24-7-14-19-12-3-2-10(17)5-11(12)15(22)20-14/h2-6,18H,7H2,1H3,(H,19,20,22). The van der Waals surface area contributed by atoms with Crippen molar-refractivity contribution in [3.05, 3.63) is 62.9 Å². The molecule has 0 saturated carbocycles. The van der Waals surface area contributed by atoms with Gasteiger partial charge in [0, 0.05) is 16.8 Å². The smallest absolute Gasteiger partial charge is 0.355 e. The zero-order valence-electron chi connectivity index (χ0n) is 12.6. The first-order valence-electron chi connectivity index (χ1n) is 6.99. The molecular formula is C16H12ClN3O4. The Morgan fingerprint density at radius 1 is 1.29 bits per heavy atom. The molecule has 0 aliphatic rings. The summed E-state index contributed by atoms with van der Waals surface area (Å²) in [6.07, 6.45) is 1.43. The van der Waals surface area contributed by atoms with Crippen LogP contribution in [0.4, 0.5) is 0 Å². The molecule has 0 radical (unpaired) electrons. The molecule has 3 aromatic rings. The van der Waals surface area contributed by atoms with Crippen molar-refractivity contribution in [2.75, 3.05) is 0 Å². The monoisotopic (exact) mass is 345 g/mol. The zero-order valence-corrected chi connectivity index (χ0v) is 13.3. The van der Waals surface area contributed by atoms with E-state index in [2.05, 4.69) is 15.0 Å². The zero-order chi connectivity index (χ0) is 17.3. The van der Waals surface area contributed by atoms with E-state index in [0.29, 0.717) is 21.5 Å². The van der Waals surface area contributed by atoms with E-state index in [-0.39, 0.29) is 29.5 Å². The van der Waals surface area contributed by atoms with Gasteiger partial charge in [-0.15, -0.1) is 0 Å². The molecule has 0 fully saturated rings. The number of carbonyl (C=O) groups excluding carboxylic acids is 2. The second-order valence-corrected chi connectivity index (χ2v) is 5.54. The van der Waals surface area contributed by atoms with Gasteiger partial charge in [-0.3, -0.25) is 9.59 Å². The minimum atomic E-state index is -0.652. The van der Waals surface area contributed by atoms with Crippen molar-refractivity contribution >= 4 is 34.3 Å². The molecular weight excluding hydrogens is 334 g/mol. The van der Waals surface area contributed by atoms with Crippen molar-refractivity contribution in [3.63, 3.8) is 0 Å². The molecule has 2 N–H and O–H groups in total. The molecule has 0 aliphatic carbocycles. The molecule has 2 aromatic heterocycles. The Morgan fingerprint density at radius 3 is 2.79 bits per heavy atom. The number of aromatic nitrogens is 3. The molecule has 0 atom stereocenters. The van der Waals surface area contributed by atoms with Crippen LogP contribution in [0.5, 0.6) is 0 Å². The number of ether oxygens (including phenoxy) is 1. The minimum absolute atomic E-state index is 0.148. The van der Waals surface area contributed by atoms with Crippen LogP contribution in [-0.2, 0) is 11.3 Å². The first-order valence-corrected chi connectivity index (χ1v) is 7.37. The number of halogens is 1. The Bertz CT molecular complexity index is 1010. The number of hydrogen-bond acceptors (Lipinski definition) is 5. The van der Waals surface area contributed by atoms with E-state index in [0.717, 1.165) is 0 Å². The van der Waals surface area contributed by atoms with Gasteiger partial charge in [0.15, 0.2) is 5.78 Å². The largest absolute Gasteiger partial charge is 0.453 e. The van der Waals surface area contributed by atoms with Crippen molar-refractivity contribution in [1.29, 1.82) is 0 Å². The minimum Gasteiger partial charge on any atom is -0.453 e. The first-order chi connectivity index (χ1) is 11.4. The fourth-order valence-corrected chi connectivity index (χ4v) is 2.33. The number of Topliss-reactive ketones (excluding diaryl/α,β-unsaturated/α-hetero) is 1. The van der Waals surface area contributed by atoms with Crippen molar-refractivity contribution in [1.82, 2.24) is 15.0 Å². The molecule has 1 aromatic carbocycles. The van der Waals surface area contributed by atoms with Crippen molar-refractivity contribution in [2.24, 2.45) is 0 Å². The van der Waals surface area contributed by atoms with Crippen LogP contribution in [0.15, 0.2) is 35.3 Å². The fraction of sp³-hybridized carbons (Fsp3) is 0.125. The van der Waals surface area contributed by atoms with Crippen LogP contribution in [0.25, 0.3) is 10.9 Å². The number of fused-ring (bicyclic) bond motifs is 1. The van der Waals surface area contributed by atoms with Gasteiger partial charge in [0.1, 0.15) is 18.1 Å². The predicted molar refractivity (Wildman–Crippen MR) is 87.3 cm³/mol. The molecule has 122 valence electrons. The van der Waals surface area contributed by atoms with Gasteiger partial charge in [0.2, 0.25) is 0 Å². The summed E-state index contributed by atoms with van der Waals surface area (Å²) >= 11 is 5.85. The van der Waals surface area contributed by atoms with E-state index in [1.807, 2.05) is 0 Å². The number of H-pyrrole nitrogens is 2. The lowest BCUT2D eigenvalue weighted by atomic mass is 10.2. The molecule has 0 aliphatic heterocycles. The Balaban J connectivity index is 1.77. The Labute approximate surface area is 140 Å². The fourth-order valence-electron chi connectivity index (χ4n) is 2.15. The lowest BCUT2D eigenvalue weighted by Gasteiger charge is -2.04. The Morgan fingerprint density at radius 2 is 2.08 bits per heavy atom. The summed E-state index contributed by atoms with van der Waals surface area (Å²) in [5, 5.41) is 0.787. The summed E-state index contributed by atoms with van der Waals surface area (Å²) in [5.41, 5.74) is 0.617. The highest BCUT2D eigenvalue weighted by Crippen LogP contribution is 2.14. The van der Waals surface area contributed by atoms with Crippen LogP contribution >= 0.6 is 11.6 Å². The summed E-state index contributed by atoms with van der Waals surface area (Å²) in [6, 6.07) is 6.15. The van der Waals surface area contributed by atoms with Gasteiger partial charge in [0.05, 0.1) is 10.9 Å². The van der Waals surface area contributed by atoms with Crippen LogP contribution in [0, 0.1) is 0 Å². The summed E-state index contributed by atoms with van der Waals surface area (Å²) in [7, 11) is 0. The topological polar surface area (TPSA) is 105 Å². The number of nitrogens with one attached hydrogen (secondary N) is 2. The summed E-state index contributed by atoms with van der Waals surface area (Å²) in [6.45, 7) is 1.19. The summed E-state index contributed by atoms with van der Waals surface area (Å²) in [5.74, 6) is -0.604. The number of rotatable bonds is 4. The van der Waals surface area contributed by atoms with E-state index in [4.69, 9.17) is 16.3 Å². The molecule has 0 saturated heterocycles. The number of aromatic amines is 2. The van der Waals surface area contributed by atoms with Gasteiger partial charge in [-0.25, -0.2) is 9.78 Å². The van der Waals surface area contributed by atoms with Gasteiger partial charge in [0.25, 0.3) is 5.56 Å². The van der Waals surface area contributed by atoms with Crippen molar-refractivity contribution < 1.29 is 14.3 Å². The Kier molecular flexibility index (Phi) is 4.18. The second-order valence-electron chi connectivity index (χ2n) is 5.11. The molecule has 24 heavy (non-hydrogen) atoms. The third-order valence-electron chi connectivity index (χ3n) is 3.37. The highest BCUT2D eigenvalue weighted by atomic mass is 35.5. The molecule has 8 heteroatoms. The number of ketones is 1. The average Bonchev–Trinajstić information content (AvgIpc) is 3.04. The number of esters is 1. The molecule has 0 amide bonds. The summed E-state index contributed by atoms with van der Waals surface area (Å²) < 4.78 is 5.09. The number of benzene rings is 1. The van der Waals surface area contributed by atoms with Gasteiger partial charge in [-0.05, 0) is 31.2 Å². The molecule has 0 spiro atoms. The summed E-state index contributed by atoms with van der Waals surface area (Å²) in [4.78, 5) is 44.6. The lowest BCUT2D eigenvalue weighted by Crippen LogP contribution is -2.14. The first kappa shape index (κ1) is 15.9. The maximum absolute atomic E-state index is 12.0. The van der Waals surface area contributed by atoms with E-state index in [1.54, 1.807) is 12.1 Å². The third kappa shape index (κ3) is 3.21. The van der Waals surface area contributed by atoms with Crippen molar-refractivity contribution in [2.45, 2.75) is 13.5 Å². The van der Waals surface area contributed by atoms with Gasteiger partial charge in [-0.2, -0.15) is 0 Å². The quantitative estimate of drug-likeness (QED) is 0.558. The van der Waals surface area contributed by atoms with Crippen LogP contribution in [0.3, 0.4) is 0 Å². The van der Waals surface area contributed by atoms with Crippen LogP contribution in [-0.4, -0.2) is 26.7 Å². The van der Waals surface area contributed by atoms with Gasteiger partial charge < -0.3 is 14.7 Å². The average molecular weight is 346 g/mol. The van der Waals surface area contributed by atoms with Crippen LogP contribution < -0.4 is 5.56 Å². The molecule has 0 bridgehead atoms. The number of carbonyl (C=O) groups is 2. The highest BCUT2D eigenvalue weighted by Gasteiger charge is 2.13. The third-order valence-corrected chi connectivity index (χ3v) is 3.60. The maximum Gasteiger partial charge on any atom is 0.355 e. The van der Waals surface area contributed by atoms with Crippen LogP contribution in [0.1, 0.15) is 33.6 Å². The van der Waals surface area contributed by atoms with Crippen LogP contribution in [0.2, 0.25) is 5.02 Å². The van der Waals surface area contributed by atoms with E-state index in [9.17, 15) is 14.4 Å². The predicted octanol–water partition coefficient (Wildman–Crippen LogP) is 2.46. The highest BCUT2D eigenvalue weighted by molar-refractivity contribution is 6.31. The van der Waals surface area contributed by atoms with Gasteiger partial charge >= 0.3 is 5.97 Å². The number of hydrogen-bond donors (Lipinski definition) is 2. The van der Waals surface area contributed by atoms with Gasteiger partial charge in [-0.1, -0.05) is 11.6 Å².